The second kappa shape index (κ2) is 14.2. The van der Waals surface area contributed by atoms with Gasteiger partial charge in [0.25, 0.3) is 0 Å². The minimum absolute atomic E-state index is 0.128. The van der Waals surface area contributed by atoms with E-state index < -0.39 is 18.0 Å². The average molecular weight is 647 g/mol. The van der Waals surface area contributed by atoms with E-state index in [2.05, 4.69) is 37.2 Å². The van der Waals surface area contributed by atoms with Gasteiger partial charge >= 0.3 is 6.09 Å². The topological polar surface area (TPSA) is 124 Å². The Hall–Kier alpha value is -4.98. The van der Waals surface area contributed by atoms with Crippen molar-refractivity contribution in [1.82, 2.24) is 25.1 Å². The molecule has 2 aromatic carbocycles. The number of hydrogen-bond acceptors (Lipinski definition) is 10. The first kappa shape index (κ1) is 32.0. The number of cyclic esters (lactones) is 1. The Labute approximate surface area is 272 Å². The Morgan fingerprint density at radius 3 is 2.23 bits per heavy atom. The second-order valence-corrected chi connectivity index (χ2v) is 11.8. The minimum Gasteiger partial charge on any atom is -0.497 e. The van der Waals surface area contributed by atoms with Gasteiger partial charge in [-0.2, -0.15) is 0 Å². The molecule has 3 aliphatic rings. The van der Waals surface area contributed by atoms with E-state index in [0.29, 0.717) is 55.5 Å². The predicted molar refractivity (Wildman–Crippen MR) is 174 cm³/mol. The summed E-state index contributed by atoms with van der Waals surface area (Å²) >= 11 is 0. The highest BCUT2D eigenvalue weighted by Crippen LogP contribution is 2.29. The highest BCUT2D eigenvalue weighted by molar-refractivity contribution is 5.90. The minimum atomic E-state index is -0.592. The van der Waals surface area contributed by atoms with Crippen LogP contribution in [-0.4, -0.2) is 123 Å². The average Bonchev–Trinajstić information content (AvgIpc) is 3.48. The lowest BCUT2D eigenvalue weighted by Gasteiger charge is -2.38. The number of carbonyl (C=O) groups excluding carboxylic acids is 3. The normalized spacial score (nSPS) is 18.7. The Bertz CT molecular complexity index is 1570. The molecule has 6 rings (SSSR count). The number of aromatic nitrogens is 2. The van der Waals surface area contributed by atoms with Gasteiger partial charge in [0.05, 0.1) is 32.4 Å². The number of piperazine rings is 2. The third kappa shape index (κ3) is 7.54. The molecule has 47 heavy (non-hydrogen) atoms. The van der Waals surface area contributed by atoms with Crippen LogP contribution in [0.2, 0.25) is 0 Å². The summed E-state index contributed by atoms with van der Waals surface area (Å²) in [7, 11) is 1.66. The molecule has 3 aromatic rings. The van der Waals surface area contributed by atoms with Gasteiger partial charge in [0, 0.05) is 88.5 Å². The Morgan fingerprint density at radius 1 is 0.936 bits per heavy atom. The number of nitrogens with zero attached hydrogens (tertiary/aromatic N) is 7. The molecule has 0 bridgehead atoms. The van der Waals surface area contributed by atoms with E-state index >= 15 is 4.39 Å². The summed E-state index contributed by atoms with van der Waals surface area (Å²) in [5, 5.41) is 2.62. The fourth-order valence-electron chi connectivity index (χ4n) is 6.03. The van der Waals surface area contributed by atoms with Crippen LogP contribution in [0.1, 0.15) is 6.92 Å². The zero-order valence-corrected chi connectivity index (χ0v) is 26.6. The van der Waals surface area contributed by atoms with Crippen LogP contribution in [0.4, 0.5) is 26.5 Å². The Balaban J connectivity index is 0.970. The molecule has 14 heteroatoms. The molecule has 1 N–H and O–H groups in total. The molecule has 1 aromatic heterocycles. The van der Waals surface area contributed by atoms with Crippen molar-refractivity contribution < 1.29 is 28.2 Å². The maximum absolute atomic E-state index is 15.2. The highest BCUT2D eigenvalue weighted by atomic mass is 19.1. The molecule has 0 unspecified atom stereocenters. The van der Waals surface area contributed by atoms with Gasteiger partial charge in [-0.15, -0.1) is 0 Å². The van der Waals surface area contributed by atoms with Gasteiger partial charge in [-0.3, -0.25) is 19.4 Å². The van der Waals surface area contributed by atoms with Crippen LogP contribution in [0.15, 0.2) is 54.9 Å². The quantitative estimate of drug-likeness (QED) is 0.370. The van der Waals surface area contributed by atoms with Crippen LogP contribution in [0.5, 0.6) is 5.75 Å². The molecule has 0 aliphatic carbocycles. The number of carbonyl (C=O) groups is 3. The monoisotopic (exact) mass is 646 g/mol. The number of rotatable bonds is 9. The molecule has 3 saturated heterocycles. The largest absolute Gasteiger partial charge is 0.497 e. The highest BCUT2D eigenvalue weighted by Gasteiger charge is 2.33. The molecule has 0 saturated carbocycles. The molecular weight excluding hydrogens is 607 g/mol. The van der Waals surface area contributed by atoms with Crippen molar-refractivity contribution in [3.05, 3.63) is 60.7 Å². The summed E-state index contributed by atoms with van der Waals surface area (Å²) in [5.74, 6) is 0.750. The van der Waals surface area contributed by atoms with Crippen LogP contribution < -0.4 is 24.8 Å². The van der Waals surface area contributed by atoms with Crippen molar-refractivity contribution in [3.63, 3.8) is 0 Å². The smallest absolute Gasteiger partial charge is 0.414 e. The fraction of sp³-hybridized carbons (Fsp3) is 0.424. The second-order valence-electron chi connectivity index (χ2n) is 11.8. The van der Waals surface area contributed by atoms with Gasteiger partial charge in [0.2, 0.25) is 17.8 Å². The lowest BCUT2D eigenvalue weighted by molar-refractivity contribution is -0.132. The first-order valence-electron chi connectivity index (χ1n) is 15.8. The van der Waals surface area contributed by atoms with Crippen LogP contribution in [0.25, 0.3) is 11.1 Å². The van der Waals surface area contributed by atoms with Crippen molar-refractivity contribution >= 4 is 35.2 Å². The van der Waals surface area contributed by atoms with E-state index in [4.69, 9.17) is 9.47 Å². The van der Waals surface area contributed by atoms with E-state index in [0.717, 1.165) is 37.6 Å². The van der Waals surface area contributed by atoms with Crippen molar-refractivity contribution in [2.24, 2.45) is 0 Å². The Morgan fingerprint density at radius 2 is 1.60 bits per heavy atom. The van der Waals surface area contributed by atoms with E-state index in [9.17, 15) is 14.4 Å². The molecule has 0 radical (unpaired) electrons. The van der Waals surface area contributed by atoms with Gasteiger partial charge in [-0.25, -0.2) is 19.2 Å². The van der Waals surface area contributed by atoms with E-state index in [1.165, 1.54) is 17.9 Å². The number of amides is 3. The number of methoxy groups -OCH3 is 1. The van der Waals surface area contributed by atoms with Crippen molar-refractivity contribution in [1.29, 1.82) is 0 Å². The number of nitrogens with one attached hydrogen (secondary N) is 1. The summed E-state index contributed by atoms with van der Waals surface area (Å²) < 4.78 is 25.7. The van der Waals surface area contributed by atoms with Crippen molar-refractivity contribution in [3.8, 4) is 16.9 Å². The first-order chi connectivity index (χ1) is 22.8. The number of benzene rings is 2. The number of halogens is 1. The zero-order chi connectivity index (χ0) is 32.9. The van der Waals surface area contributed by atoms with Crippen LogP contribution in [0.3, 0.4) is 0 Å². The van der Waals surface area contributed by atoms with Gasteiger partial charge in [-0.05, 0) is 42.5 Å². The summed E-state index contributed by atoms with van der Waals surface area (Å²) in [5.41, 5.74) is 2.34. The summed E-state index contributed by atoms with van der Waals surface area (Å²) in [6.07, 6.45) is 2.06. The summed E-state index contributed by atoms with van der Waals surface area (Å²) in [4.78, 5) is 55.4. The third-order valence-electron chi connectivity index (χ3n) is 8.75. The number of hydrogen-bond donors (Lipinski definition) is 1. The summed E-state index contributed by atoms with van der Waals surface area (Å²) in [6, 6.07) is 12.6. The number of anilines is 3. The molecule has 3 fully saturated rings. The predicted octanol–water partition coefficient (Wildman–Crippen LogP) is 2.22. The van der Waals surface area contributed by atoms with Crippen LogP contribution in [0, 0.1) is 5.82 Å². The molecule has 3 amide bonds. The SMILES string of the molecule is COc1ccc(N2CCN(CC(=O)N3CCN(c4ncc(-c5ccc(N6C[C@H](CNC(C)=O)OC6=O)cc5F)cn4)CC3)CC2)cc1. The van der Waals surface area contributed by atoms with E-state index in [-0.39, 0.29) is 24.9 Å². The molecule has 0 spiro atoms. The zero-order valence-electron chi connectivity index (χ0n) is 26.6. The van der Waals surface area contributed by atoms with Gasteiger partial charge in [0.15, 0.2) is 0 Å². The van der Waals surface area contributed by atoms with Gasteiger partial charge in [0.1, 0.15) is 17.7 Å². The molecular formula is C33H39FN8O5. The summed E-state index contributed by atoms with van der Waals surface area (Å²) in [6.45, 7) is 7.94. The van der Waals surface area contributed by atoms with Crippen LogP contribution >= 0.6 is 0 Å². The number of ether oxygens (including phenoxy) is 2. The maximum Gasteiger partial charge on any atom is 0.414 e. The lowest BCUT2D eigenvalue weighted by Crippen LogP contribution is -2.54. The van der Waals surface area contributed by atoms with Crippen molar-refractivity contribution in [2.45, 2.75) is 13.0 Å². The standard InChI is InChI=1S/C33H39FN8O5/c1-23(43)35-20-28-21-42(33(45)47-28)26-5-8-29(30(34)17-26)24-18-36-32(37-19-24)41-15-13-40(14-16-41)31(44)22-38-9-11-39(12-10-38)25-3-6-27(46-2)7-4-25/h3-8,17-19,28H,9-16,20-22H2,1-2H3,(H,35,43)/t28-/m0/s1. The Kier molecular flexibility index (Phi) is 9.66. The molecule has 1 atom stereocenters. The first-order valence-corrected chi connectivity index (χ1v) is 15.8. The van der Waals surface area contributed by atoms with E-state index in [1.807, 2.05) is 21.9 Å². The molecule has 4 heterocycles. The molecule has 13 nitrogen and oxygen atoms in total. The lowest BCUT2D eigenvalue weighted by atomic mass is 10.1. The molecule has 3 aliphatic heterocycles. The maximum atomic E-state index is 15.2. The fourth-order valence-corrected chi connectivity index (χ4v) is 6.03. The van der Waals surface area contributed by atoms with E-state index in [1.54, 1.807) is 31.6 Å². The third-order valence-corrected chi connectivity index (χ3v) is 8.75. The van der Waals surface area contributed by atoms with Crippen LogP contribution in [-0.2, 0) is 14.3 Å². The van der Waals surface area contributed by atoms with Crippen molar-refractivity contribution in [2.75, 3.05) is 93.8 Å². The van der Waals surface area contributed by atoms with Gasteiger partial charge < -0.3 is 29.5 Å². The molecule has 248 valence electrons. The van der Waals surface area contributed by atoms with Gasteiger partial charge in [-0.1, -0.05) is 0 Å².